The van der Waals surface area contributed by atoms with Crippen molar-refractivity contribution in [1.29, 1.82) is 0 Å². The molecule has 2 aromatic carbocycles. The number of amides is 2. The van der Waals surface area contributed by atoms with Gasteiger partial charge in [-0.3, -0.25) is 13.9 Å². The van der Waals surface area contributed by atoms with Crippen LogP contribution in [0.25, 0.3) is 0 Å². The van der Waals surface area contributed by atoms with Crippen LogP contribution in [0, 0.1) is 6.92 Å². The van der Waals surface area contributed by atoms with Crippen LogP contribution in [-0.2, 0) is 26.0 Å². The molecule has 2 rings (SSSR count). The molecule has 2 amide bonds. The zero-order valence-corrected chi connectivity index (χ0v) is 23.3. The summed E-state index contributed by atoms with van der Waals surface area (Å²) in [6, 6.07) is 16.5. The quantitative estimate of drug-likeness (QED) is 0.456. The lowest BCUT2D eigenvalue weighted by Crippen LogP contribution is -2.54. The zero-order chi connectivity index (χ0) is 26.9. The molecule has 1 unspecified atom stereocenters. The molecule has 0 aromatic heterocycles. The number of hydrogen-bond acceptors (Lipinski definition) is 4. The first-order chi connectivity index (χ1) is 16.8. The molecule has 0 fully saturated rings. The molecule has 0 aliphatic heterocycles. The molecule has 0 saturated carbocycles. The van der Waals surface area contributed by atoms with Gasteiger partial charge in [-0.15, -0.1) is 0 Å². The number of aryl methyl sites for hydroxylation is 1. The van der Waals surface area contributed by atoms with E-state index in [4.69, 9.17) is 0 Å². The van der Waals surface area contributed by atoms with Gasteiger partial charge in [0.15, 0.2) is 0 Å². The summed E-state index contributed by atoms with van der Waals surface area (Å²) in [6.45, 7) is 10.2. The van der Waals surface area contributed by atoms with Gasteiger partial charge in [0.25, 0.3) is 0 Å². The van der Waals surface area contributed by atoms with Crippen molar-refractivity contribution in [2.75, 3.05) is 23.7 Å². The van der Waals surface area contributed by atoms with E-state index in [1.165, 1.54) is 10.6 Å². The topological polar surface area (TPSA) is 86.8 Å². The first-order valence-electron chi connectivity index (χ1n) is 12.5. The average Bonchev–Trinajstić information content (AvgIpc) is 2.78. The fraction of sp³-hybridized carbons (Fsp3) is 0.500. The molecule has 0 aliphatic carbocycles. The minimum absolute atomic E-state index is 0.145. The maximum atomic E-state index is 13.4. The van der Waals surface area contributed by atoms with Crippen LogP contribution in [0.4, 0.5) is 5.69 Å². The highest BCUT2D eigenvalue weighted by molar-refractivity contribution is 7.92. The van der Waals surface area contributed by atoms with Crippen molar-refractivity contribution in [2.24, 2.45) is 0 Å². The summed E-state index contributed by atoms with van der Waals surface area (Å²) in [7, 11) is -3.51. The first kappa shape index (κ1) is 29.4. The third-order valence-corrected chi connectivity index (χ3v) is 7.04. The Kier molecular flexibility index (Phi) is 10.5. The van der Waals surface area contributed by atoms with Crippen LogP contribution >= 0.6 is 0 Å². The molecule has 0 aliphatic rings. The molecular weight excluding hydrogens is 474 g/mol. The number of nitrogens with zero attached hydrogens (tertiary/aromatic N) is 2. The van der Waals surface area contributed by atoms with Crippen LogP contribution in [0.15, 0.2) is 54.6 Å². The third kappa shape index (κ3) is 9.30. The summed E-state index contributed by atoms with van der Waals surface area (Å²) in [5.41, 5.74) is 2.29. The molecule has 1 atom stereocenters. The van der Waals surface area contributed by atoms with Crippen molar-refractivity contribution in [2.45, 2.75) is 71.9 Å². The van der Waals surface area contributed by atoms with E-state index in [1.54, 1.807) is 17.0 Å². The number of carbonyl (C=O) groups excluding carboxylic acids is 2. The summed E-state index contributed by atoms with van der Waals surface area (Å²) in [6.07, 6.45) is 2.78. The van der Waals surface area contributed by atoms with Gasteiger partial charge in [0, 0.05) is 25.0 Å². The molecule has 0 heterocycles. The molecule has 8 heteroatoms. The van der Waals surface area contributed by atoms with Gasteiger partial charge in [-0.2, -0.15) is 0 Å². The number of rotatable bonds is 12. The van der Waals surface area contributed by atoms with E-state index in [-0.39, 0.29) is 24.8 Å². The Morgan fingerprint density at radius 2 is 1.58 bits per heavy atom. The number of hydrogen-bond donors (Lipinski definition) is 1. The van der Waals surface area contributed by atoms with Gasteiger partial charge >= 0.3 is 0 Å². The van der Waals surface area contributed by atoms with Gasteiger partial charge in [-0.25, -0.2) is 8.42 Å². The van der Waals surface area contributed by atoms with Gasteiger partial charge in [-0.05, 0) is 64.7 Å². The number of anilines is 1. The Morgan fingerprint density at radius 1 is 0.972 bits per heavy atom. The smallest absolute Gasteiger partial charge is 0.243 e. The summed E-state index contributed by atoms with van der Waals surface area (Å²) in [5, 5.41) is 3.00. The lowest BCUT2D eigenvalue weighted by atomic mass is 10.0. The van der Waals surface area contributed by atoms with Crippen molar-refractivity contribution < 1.29 is 18.0 Å². The number of benzene rings is 2. The Hall–Kier alpha value is -2.87. The third-order valence-electron chi connectivity index (χ3n) is 5.84. The van der Waals surface area contributed by atoms with Crippen LogP contribution in [-0.4, -0.2) is 56.1 Å². The van der Waals surface area contributed by atoms with Crippen molar-refractivity contribution in [3.05, 3.63) is 65.7 Å². The fourth-order valence-corrected chi connectivity index (χ4v) is 5.03. The van der Waals surface area contributed by atoms with Crippen LogP contribution in [0.2, 0.25) is 0 Å². The summed E-state index contributed by atoms with van der Waals surface area (Å²) in [5.74, 6) is -0.331. The normalized spacial score (nSPS) is 12.6. The lowest BCUT2D eigenvalue weighted by Gasteiger charge is -2.33. The second kappa shape index (κ2) is 12.9. The highest BCUT2D eigenvalue weighted by Crippen LogP contribution is 2.20. The van der Waals surface area contributed by atoms with E-state index < -0.39 is 21.6 Å². The van der Waals surface area contributed by atoms with Gasteiger partial charge in [0.1, 0.15) is 6.04 Å². The highest BCUT2D eigenvalue weighted by atomic mass is 32.2. The Balaban J connectivity index is 2.17. The number of nitrogens with one attached hydrogen (secondary N) is 1. The molecule has 0 radical (unpaired) electrons. The molecule has 0 saturated heterocycles. The summed E-state index contributed by atoms with van der Waals surface area (Å²) in [4.78, 5) is 28.2. The maximum absolute atomic E-state index is 13.4. The lowest BCUT2D eigenvalue weighted by molar-refractivity contribution is -0.141. The molecule has 1 N–H and O–H groups in total. The molecule has 0 bridgehead atoms. The SMILES string of the molecule is CCC(C(=O)NC(C)(C)C)N(CCc1ccccc1)C(=O)CCCN(c1ccc(C)cc1)S(C)(=O)=O. The Morgan fingerprint density at radius 3 is 2.11 bits per heavy atom. The molecular formula is C28H41N3O4S. The fourth-order valence-electron chi connectivity index (χ4n) is 4.06. The van der Waals surface area contributed by atoms with E-state index in [0.29, 0.717) is 31.5 Å². The van der Waals surface area contributed by atoms with Gasteiger partial charge in [0.05, 0.1) is 11.9 Å². The summed E-state index contributed by atoms with van der Waals surface area (Å²) >= 11 is 0. The minimum Gasteiger partial charge on any atom is -0.350 e. The predicted molar refractivity (Wildman–Crippen MR) is 146 cm³/mol. The first-order valence-corrected chi connectivity index (χ1v) is 14.4. The highest BCUT2D eigenvalue weighted by Gasteiger charge is 2.30. The second-order valence-electron chi connectivity index (χ2n) is 10.3. The van der Waals surface area contributed by atoms with Crippen LogP contribution in [0.3, 0.4) is 0 Å². The van der Waals surface area contributed by atoms with Crippen LogP contribution < -0.4 is 9.62 Å². The van der Waals surface area contributed by atoms with E-state index in [1.807, 2.05) is 77.1 Å². The minimum atomic E-state index is -3.51. The van der Waals surface area contributed by atoms with Crippen molar-refractivity contribution in [3.8, 4) is 0 Å². The standard InChI is InChI=1S/C28H41N3O4S/c1-7-25(27(33)29-28(3,4)5)30(21-19-23-12-9-8-10-13-23)26(32)14-11-20-31(36(6,34)35)24-17-15-22(2)16-18-24/h8-10,12-13,15-18,25H,7,11,14,19-21H2,1-6H3,(H,29,33). The molecule has 36 heavy (non-hydrogen) atoms. The van der Waals surface area contributed by atoms with Gasteiger partial charge in [-0.1, -0.05) is 55.0 Å². The van der Waals surface area contributed by atoms with Crippen molar-refractivity contribution in [3.63, 3.8) is 0 Å². The number of sulfonamides is 1. The average molecular weight is 516 g/mol. The van der Waals surface area contributed by atoms with Crippen LogP contribution in [0.5, 0.6) is 0 Å². The van der Waals surface area contributed by atoms with E-state index >= 15 is 0 Å². The van der Waals surface area contributed by atoms with Crippen LogP contribution in [0.1, 0.15) is 58.1 Å². The monoisotopic (exact) mass is 515 g/mol. The molecule has 0 spiro atoms. The van der Waals surface area contributed by atoms with E-state index in [9.17, 15) is 18.0 Å². The summed E-state index contributed by atoms with van der Waals surface area (Å²) < 4.78 is 26.2. The van der Waals surface area contributed by atoms with Crippen molar-refractivity contribution in [1.82, 2.24) is 10.2 Å². The molecule has 7 nitrogen and oxygen atoms in total. The predicted octanol–water partition coefficient (Wildman–Crippen LogP) is 4.31. The second-order valence-corrected chi connectivity index (χ2v) is 12.2. The van der Waals surface area contributed by atoms with Crippen molar-refractivity contribution >= 4 is 27.5 Å². The van der Waals surface area contributed by atoms with Gasteiger partial charge in [0.2, 0.25) is 21.8 Å². The number of carbonyl (C=O) groups is 2. The van der Waals surface area contributed by atoms with E-state index in [0.717, 1.165) is 11.1 Å². The zero-order valence-electron chi connectivity index (χ0n) is 22.5. The largest absolute Gasteiger partial charge is 0.350 e. The molecule has 198 valence electrons. The Labute approximate surface area is 216 Å². The molecule has 2 aromatic rings. The Bertz CT molecular complexity index is 1090. The maximum Gasteiger partial charge on any atom is 0.243 e. The van der Waals surface area contributed by atoms with E-state index in [2.05, 4.69) is 5.32 Å². The van der Waals surface area contributed by atoms with Gasteiger partial charge < -0.3 is 10.2 Å².